The van der Waals surface area contributed by atoms with E-state index in [9.17, 15) is 4.79 Å². The van der Waals surface area contributed by atoms with Crippen molar-refractivity contribution in [2.24, 2.45) is 11.8 Å². The molecule has 0 spiro atoms. The van der Waals surface area contributed by atoms with Gasteiger partial charge in [-0.25, -0.2) is 0 Å². The van der Waals surface area contributed by atoms with E-state index in [2.05, 4.69) is 5.32 Å². The molecule has 2 atom stereocenters. The smallest absolute Gasteiger partial charge is 0.225 e. The Bertz CT molecular complexity index is 205. The van der Waals surface area contributed by atoms with Crippen LogP contribution >= 0.6 is 0 Å². The number of carbonyl (C=O) groups is 1. The van der Waals surface area contributed by atoms with E-state index in [0.717, 1.165) is 32.0 Å². The van der Waals surface area contributed by atoms with Crippen LogP contribution in [-0.4, -0.2) is 37.5 Å². The van der Waals surface area contributed by atoms with Crippen molar-refractivity contribution in [2.45, 2.75) is 19.3 Å². The number of nitrogens with zero attached hydrogens (tertiary/aromatic N) is 1. The van der Waals surface area contributed by atoms with Crippen molar-refractivity contribution < 1.29 is 4.79 Å². The number of likely N-dealkylation sites (tertiary alicyclic amines) is 1. The minimum Gasteiger partial charge on any atom is -0.342 e. The summed E-state index contributed by atoms with van der Waals surface area (Å²) < 4.78 is 0. The quantitative estimate of drug-likeness (QED) is 0.641. The average molecular weight is 182 g/mol. The maximum absolute atomic E-state index is 11.7. The highest BCUT2D eigenvalue weighted by molar-refractivity contribution is 5.82. The minimum absolute atomic E-state index is 0.420. The second kappa shape index (κ2) is 3.66. The van der Waals surface area contributed by atoms with E-state index in [1.807, 2.05) is 11.9 Å². The maximum Gasteiger partial charge on any atom is 0.225 e. The predicted molar refractivity (Wildman–Crippen MR) is 51.3 cm³/mol. The molecule has 3 nitrogen and oxygen atoms in total. The van der Waals surface area contributed by atoms with Gasteiger partial charge in [-0.15, -0.1) is 0 Å². The van der Waals surface area contributed by atoms with Crippen molar-refractivity contribution >= 4 is 5.91 Å². The number of carbonyl (C=O) groups excluding carboxylic acids is 1. The number of hydrogen-bond donors (Lipinski definition) is 1. The molecule has 3 heteroatoms. The average Bonchev–Trinajstić information content (AvgIpc) is 2.89. The molecule has 2 rings (SSSR count). The fourth-order valence-corrected chi connectivity index (χ4v) is 2.20. The molecule has 1 aliphatic heterocycles. The summed E-state index contributed by atoms with van der Waals surface area (Å²) in [7, 11) is 1.95. The molecular formula is C10H18N2O. The van der Waals surface area contributed by atoms with Crippen LogP contribution in [0.2, 0.25) is 0 Å². The molecule has 13 heavy (non-hydrogen) atoms. The molecule has 0 aromatic rings. The molecule has 2 unspecified atom stereocenters. The van der Waals surface area contributed by atoms with E-state index >= 15 is 0 Å². The van der Waals surface area contributed by atoms with Gasteiger partial charge >= 0.3 is 0 Å². The molecular weight excluding hydrogens is 164 g/mol. The lowest BCUT2D eigenvalue weighted by molar-refractivity contribution is -0.134. The summed E-state index contributed by atoms with van der Waals surface area (Å²) in [5.74, 6) is 1.60. The second-order valence-electron chi connectivity index (χ2n) is 4.17. The Labute approximate surface area is 79.5 Å². The summed E-state index contributed by atoms with van der Waals surface area (Å²) in [4.78, 5) is 13.7. The van der Waals surface area contributed by atoms with Crippen molar-refractivity contribution in [3.63, 3.8) is 0 Å². The van der Waals surface area contributed by atoms with Gasteiger partial charge in [-0.05, 0) is 38.8 Å². The van der Waals surface area contributed by atoms with Crippen molar-refractivity contribution in [1.29, 1.82) is 0 Å². The summed E-state index contributed by atoms with van der Waals surface area (Å²) in [5.41, 5.74) is 0. The summed E-state index contributed by atoms with van der Waals surface area (Å²) >= 11 is 0. The summed E-state index contributed by atoms with van der Waals surface area (Å²) in [6.07, 6.45) is 3.50. The SMILES string of the molecule is CNCCCN1CCC2CC2C1=O. The summed E-state index contributed by atoms with van der Waals surface area (Å²) in [5, 5.41) is 3.11. The van der Waals surface area contributed by atoms with E-state index in [1.54, 1.807) is 0 Å². The molecule has 1 saturated carbocycles. The van der Waals surface area contributed by atoms with Gasteiger partial charge in [-0.3, -0.25) is 4.79 Å². The molecule has 74 valence electrons. The molecule has 2 fully saturated rings. The van der Waals surface area contributed by atoms with Gasteiger partial charge in [0, 0.05) is 19.0 Å². The molecule has 1 heterocycles. The predicted octanol–water partition coefficient (Wildman–Crippen LogP) is 0.464. The van der Waals surface area contributed by atoms with E-state index in [1.165, 1.54) is 12.8 Å². The number of hydrogen-bond acceptors (Lipinski definition) is 2. The van der Waals surface area contributed by atoms with Gasteiger partial charge in [0.1, 0.15) is 0 Å². The van der Waals surface area contributed by atoms with Crippen molar-refractivity contribution in [3.05, 3.63) is 0 Å². The lowest BCUT2D eigenvalue weighted by Crippen LogP contribution is -2.38. The molecule has 1 saturated heterocycles. The van der Waals surface area contributed by atoms with Crippen LogP contribution in [0.5, 0.6) is 0 Å². The largest absolute Gasteiger partial charge is 0.342 e. The Kier molecular flexibility index (Phi) is 2.54. The highest BCUT2D eigenvalue weighted by Crippen LogP contribution is 2.45. The third-order valence-corrected chi connectivity index (χ3v) is 3.18. The topological polar surface area (TPSA) is 32.3 Å². The number of nitrogens with one attached hydrogen (secondary N) is 1. The molecule has 0 aromatic carbocycles. The van der Waals surface area contributed by atoms with Crippen LogP contribution in [0.25, 0.3) is 0 Å². The van der Waals surface area contributed by atoms with Gasteiger partial charge in [-0.2, -0.15) is 0 Å². The van der Waals surface area contributed by atoms with Crippen LogP contribution in [0.4, 0.5) is 0 Å². The Morgan fingerprint density at radius 3 is 3.23 bits per heavy atom. The Morgan fingerprint density at radius 1 is 1.62 bits per heavy atom. The first-order valence-electron chi connectivity index (χ1n) is 5.26. The number of rotatable bonds is 4. The zero-order valence-electron chi connectivity index (χ0n) is 8.25. The maximum atomic E-state index is 11.7. The van der Waals surface area contributed by atoms with Crippen molar-refractivity contribution in [1.82, 2.24) is 10.2 Å². The van der Waals surface area contributed by atoms with Crippen LogP contribution in [0.1, 0.15) is 19.3 Å². The van der Waals surface area contributed by atoms with Crippen molar-refractivity contribution in [2.75, 3.05) is 26.7 Å². The Morgan fingerprint density at radius 2 is 2.46 bits per heavy atom. The Hall–Kier alpha value is -0.570. The molecule has 2 aliphatic rings. The standard InChI is InChI=1S/C10H18N2O/c1-11-4-2-5-12-6-3-8-7-9(8)10(12)13/h8-9,11H,2-7H2,1H3. The van der Waals surface area contributed by atoms with Gasteiger partial charge in [0.25, 0.3) is 0 Å². The fourth-order valence-electron chi connectivity index (χ4n) is 2.20. The van der Waals surface area contributed by atoms with Gasteiger partial charge in [0.2, 0.25) is 5.91 Å². The lowest BCUT2D eigenvalue weighted by atomic mass is 10.1. The van der Waals surface area contributed by atoms with Crippen molar-refractivity contribution in [3.8, 4) is 0 Å². The first kappa shape index (κ1) is 9.00. The van der Waals surface area contributed by atoms with Crippen LogP contribution in [0.15, 0.2) is 0 Å². The lowest BCUT2D eigenvalue weighted by Gasteiger charge is -2.26. The number of piperidine rings is 1. The number of amides is 1. The van der Waals surface area contributed by atoms with E-state index < -0.39 is 0 Å². The normalized spacial score (nSPS) is 31.8. The third-order valence-electron chi connectivity index (χ3n) is 3.18. The third kappa shape index (κ3) is 1.85. The molecule has 0 aromatic heterocycles. The zero-order chi connectivity index (χ0) is 9.26. The Balaban J connectivity index is 1.75. The highest BCUT2D eigenvalue weighted by Gasteiger charge is 2.47. The fraction of sp³-hybridized carbons (Fsp3) is 0.900. The molecule has 0 bridgehead atoms. The van der Waals surface area contributed by atoms with Crippen LogP contribution in [0, 0.1) is 11.8 Å². The van der Waals surface area contributed by atoms with Gasteiger partial charge in [-0.1, -0.05) is 0 Å². The van der Waals surface area contributed by atoms with Crippen LogP contribution < -0.4 is 5.32 Å². The van der Waals surface area contributed by atoms with E-state index in [4.69, 9.17) is 0 Å². The zero-order valence-corrected chi connectivity index (χ0v) is 8.25. The molecule has 1 N–H and O–H groups in total. The van der Waals surface area contributed by atoms with Gasteiger partial charge < -0.3 is 10.2 Å². The second-order valence-corrected chi connectivity index (χ2v) is 4.17. The van der Waals surface area contributed by atoms with Crippen LogP contribution in [0.3, 0.4) is 0 Å². The molecule has 1 amide bonds. The monoisotopic (exact) mass is 182 g/mol. The van der Waals surface area contributed by atoms with E-state index in [-0.39, 0.29) is 0 Å². The first-order valence-corrected chi connectivity index (χ1v) is 5.26. The van der Waals surface area contributed by atoms with Gasteiger partial charge in [0.05, 0.1) is 0 Å². The summed E-state index contributed by atoms with van der Waals surface area (Å²) in [6.45, 7) is 2.96. The van der Waals surface area contributed by atoms with Gasteiger partial charge in [0.15, 0.2) is 0 Å². The van der Waals surface area contributed by atoms with E-state index in [0.29, 0.717) is 11.8 Å². The molecule has 0 radical (unpaired) electrons. The minimum atomic E-state index is 0.420. The van der Waals surface area contributed by atoms with Crippen LogP contribution in [-0.2, 0) is 4.79 Å². The first-order chi connectivity index (χ1) is 6.33. The highest BCUT2D eigenvalue weighted by atomic mass is 16.2. The summed E-state index contributed by atoms with van der Waals surface area (Å²) in [6, 6.07) is 0. The molecule has 1 aliphatic carbocycles. The number of fused-ring (bicyclic) bond motifs is 1.